The van der Waals surface area contributed by atoms with Crippen molar-refractivity contribution in [1.29, 1.82) is 0 Å². The number of carbonyl (C=O) groups excluding carboxylic acids is 2. The highest BCUT2D eigenvalue weighted by Crippen LogP contribution is 2.26. The van der Waals surface area contributed by atoms with Crippen LogP contribution in [0.25, 0.3) is 6.08 Å². The number of anilines is 1. The molecule has 0 aliphatic carbocycles. The van der Waals surface area contributed by atoms with Crippen molar-refractivity contribution < 1.29 is 14.4 Å². The second-order valence-electron chi connectivity index (χ2n) is 6.74. The molecule has 0 radical (unpaired) electrons. The van der Waals surface area contributed by atoms with Crippen molar-refractivity contribution in [2.24, 2.45) is 0 Å². The van der Waals surface area contributed by atoms with Gasteiger partial charge in [0.25, 0.3) is 5.91 Å². The number of para-hydroxylation sites is 1. The average molecular weight is 321 g/mol. The molecular formula is C20H19NO3. The summed E-state index contributed by atoms with van der Waals surface area (Å²) >= 11 is 0. The van der Waals surface area contributed by atoms with E-state index < -0.39 is 11.9 Å². The summed E-state index contributed by atoms with van der Waals surface area (Å²) < 4.78 is 0. The summed E-state index contributed by atoms with van der Waals surface area (Å²) in [5, 5.41) is 1.03. The molecule has 0 N–H and O–H groups in total. The Labute approximate surface area is 141 Å². The molecule has 0 atom stereocenters. The van der Waals surface area contributed by atoms with Crippen molar-refractivity contribution in [3.8, 4) is 0 Å². The first-order chi connectivity index (χ1) is 11.4. The van der Waals surface area contributed by atoms with E-state index in [-0.39, 0.29) is 11.0 Å². The second kappa shape index (κ2) is 5.96. The number of amides is 1. The van der Waals surface area contributed by atoms with Crippen molar-refractivity contribution >= 4 is 23.6 Å². The van der Waals surface area contributed by atoms with E-state index in [9.17, 15) is 9.59 Å². The Morgan fingerprint density at radius 2 is 1.54 bits per heavy atom. The molecule has 122 valence electrons. The first-order valence-corrected chi connectivity index (χ1v) is 7.80. The molecule has 1 heterocycles. The van der Waals surface area contributed by atoms with Crippen LogP contribution < -0.4 is 5.06 Å². The molecule has 24 heavy (non-hydrogen) atoms. The zero-order valence-electron chi connectivity index (χ0n) is 13.9. The van der Waals surface area contributed by atoms with Gasteiger partial charge in [0, 0.05) is 0 Å². The molecule has 0 unspecified atom stereocenters. The number of hydrogen-bond donors (Lipinski definition) is 0. The van der Waals surface area contributed by atoms with E-state index in [1.165, 1.54) is 5.56 Å². The van der Waals surface area contributed by atoms with Crippen LogP contribution in [0.3, 0.4) is 0 Å². The van der Waals surface area contributed by atoms with Gasteiger partial charge in [-0.3, -0.25) is 4.79 Å². The highest BCUT2D eigenvalue weighted by molar-refractivity contribution is 6.28. The SMILES string of the molecule is CC(C)(C)c1ccc(C=C2C(=O)ON(c3ccccc3)C2=O)cc1. The topological polar surface area (TPSA) is 46.6 Å². The van der Waals surface area contributed by atoms with Crippen LogP contribution in [0.2, 0.25) is 0 Å². The predicted molar refractivity (Wildman–Crippen MR) is 93.1 cm³/mol. The summed E-state index contributed by atoms with van der Waals surface area (Å²) in [7, 11) is 0. The molecule has 1 saturated heterocycles. The Balaban J connectivity index is 1.88. The number of hydrogen-bond acceptors (Lipinski definition) is 3. The number of benzene rings is 2. The van der Waals surface area contributed by atoms with Crippen LogP contribution >= 0.6 is 0 Å². The summed E-state index contributed by atoms with van der Waals surface area (Å²) in [6.45, 7) is 6.40. The summed E-state index contributed by atoms with van der Waals surface area (Å²) in [6, 6.07) is 16.6. The van der Waals surface area contributed by atoms with E-state index in [1.54, 1.807) is 30.3 Å². The van der Waals surface area contributed by atoms with E-state index >= 15 is 0 Å². The largest absolute Gasteiger partial charge is 0.369 e. The van der Waals surface area contributed by atoms with Crippen molar-refractivity contribution in [3.05, 3.63) is 71.3 Å². The predicted octanol–water partition coefficient (Wildman–Crippen LogP) is 3.87. The summed E-state index contributed by atoms with van der Waals surface area (Å²) in [5.74, 6) is -1.09. The Kier molecular flexibility index (Phi) is 3.97. The van der Waals surface area contributed by atoms with Crippen LogP contribution in [0.15, 0.2) is 60.2 Å². The van der Waals surface area contributed by atoms with Crippen LogP contribution in [0.4, 0.5) is 5.69 Å². The fraction of sp³-hybridized carbons (Fsp3) is 0.200. The van der Waals surface area contributed by atoms with Gasteiger partial charge in [-0.15, -0.1) is 5.06 Å². The lowest BCUT2D eigenvalue weighted by molar-refractivity contribution is -0.137. The van der Waals surface area contributed by atoms with Crippen LogP contribution in [0.1, 0.15) is 31.9 Å². The van der Waals surface area contributed by atoms with Gasteiger partial charge in [-0.1, -0.05) is 63.2 Å². The Morgan fingerprint density at radius 1 is 0.917 bits per heavy atom. The van der Waals surface area contributed by atoms with Crippen LogP contribution in [-0.4, -0.2) is 11.9 Å². The van der Waals surface area contributed by atoms with Crippen molar-refractivity contribution in [3.63, 3.8) is 0 Å². The molecule has 1 fully saturated rings. The standard InChI is InChI=1S/C20H19NO3/c1-20(2,3)15-11-9-14(10-12-15)13-17-18(22)21(24-19(17)23)16-7-5-4-6-8-16/h4-13H,1-3H3. The molecule has 1 amide bonds. The van der Waals surface area contributed by atoms with Gasteiger partial charge in [-0.25, -0.2) is 4.79 Å². The van der Waals surface area contributed by atoms with Crippen molar-refractivity contribution in [2.45, 2.75) is 26.2 Å². The minimum atomic E-state index is -0.635. The molecule has 0 aromatic heterocycles. The fourth-order valence-corrected chi connectivity index (χ4v) is 2.47. The molecule has 1 aliphatic heterocycles. The maximum absolute atomic E-state index is 12.5. The lowest BCUT2D eigenvalue weighted by Gasteiger charge is -2.18. The van der Waals surface area contributed by atoms with Gasteiger partial charge >= 0.3 is 5.97 Å². The Bertz CT molecular complexity index is 799. The second-order valence-corrected chi connectivity index (χ2v) is 6.74. The van der Waals surface area contributed by atoms with Gasteiger partial charge in [-0.05, 0) is 34.8 Å². The number of rotatable bonds is 2. The first kappa shape index (κ1) is 16.0. The maximum atomic E-state index is 12.5. The van der Waals surface area contributed by atoms with Gasteiger partial charge in [0.05, 0.1) is 5.69 Å². The van der Waals surface area contributed by atoms with E-state index in [0.717, 1.165) is 10.6 Å². The van der Waals surface area contributed by atoms with Gasteiger partial charge < -0.3 is 4.84 Å². The average Bonchev–Trinajstić information content (AvgIpc) is 2.83. The molecule has 3 rings (SSSR count). The van der Waals surface area contributed by atoms with Crippen LogP contribution in [-0.2, 0) is 19.8 Å². The minimum Gasteiger partial charge on any atom is -0.327 e. The highest BCUT2D eigenvalue weighted by atomic mass is 16.7. The molecule has 0 bridgehead atoms. The minimum absolute atomic E-state index is 0.0300. The third-order valence-corrected chi connectivity index (χ3v) is 3.89. The molecular weight excluding hydrogens is 302 g/mol. The Morgan fingerprint density at radius 3 is 2.12 bits per heavy atom. The molecule has 4 heteroatoms. The molecule has 1 aliphatic rings. The monoisotopic (exact) mass is 321 g/mol. The Hall–Kier alpha value is -2.88. The van der Waals surface area contributed by atoms with Crippen LogP contribution in [0.5, 0.6) is 0 Å². The van der Waals surface area contributed by atoms with Gasteiger partial charge in [0.15, 0.2) is 0 Å². The molecule has 4 nitrogen and oxygen atoms in total. The molecule has 0 saturated carbocycles. The van der Waals surface area contributed by atoms with Crippen molar-refractivity contribution in [1.82, 2.24) is 0 Å². The summed E-state index contributed by atoms with van der Waals surface area (Å²) in [5.41, 5.74) is 2.59. The third kappa shape index (κ3) is 3.08. The molecule has 0 spiro atoms. The first-order valence-electron chi connectivity index (χ1n) is 7.80. The van der Waals surface area contributed by atoms with Gasteiger partial charge in [-0.2, -0.15) is 0 Å². The zero-order valence-corrected chi connectivity index (χ0v) is 13.9. The summed E-state index contributed by atoms with van der Waals surface area (Å²) in [6.07, 6.45) is 1.57. The normalized spacial score (nSPS) is 16.6. The maximum Gasteiger partial charge on any atom is 0.369 e. The number of hydroxylamine groups is 1. The van der Waals surface area contributed by atoms with Crippen molar-refractivity contribution in [2.75, 3.05) is 5.06 Å². The van der Waals surface area contributed by atoms with Gasteiger partial charge in [0.1, 0.15) is 5.57 Å². The zero-order chi connectivity index (χ0) is 17.3. The third-order valence-electron chi connectivity index (χ3n) is 3.89. The van der Waals surface area contributed by atoms with E-state index in [2.05, 4.69) is 20.8 Å². The summed E-state index contributed by atoms with van der Waals surface area (Å²) in [4.78, 5) is 29.6. The van der Waals surface area contributed by atoms with E-state index in [1.807, 2.05) is 30.3 Å². The number of nitrogens with zero attached hydrogens (tertiary/aromatic N) is 1. The van der Waals surface area contributed by atoms with E-state index in [4.69, 9.17) is 4.84 Å². The van der Waals surface area contributed by atoms with Crippen LogP contribution in [0, 0.1) is 0 Å². The highest BCUT2D eigenvalue weighted by Gasteiger charge is 2.37. The number of carbonyl (C=O) groups is 2. The fourth-order valence-electron chi connectivity index (χ4n) is 2.47. The van der Waals surface area contributed by atoms with E-state index in [0.29, 0.717) is 5.69 Å². The lowest BCUT2D eigenvalue weighted by Crippen LogP contribution is -2.22. The quantitative estimate of drug-likeness (QED) is 0.623. The lowest BCUT2D eigenvalue weighted by atomic mass is 9.86. The van der Waals surface area contributed by atoms with Gasteiger partial charge in [0.2, 0.25) is 0 Å². The smallest absolute Gasteiger partial charge is 0.327 e. The molecule has 2 aromatic rings. The molecule has 2 aromatic carbocycles.